The van der Waals surface area contributed by atoms with Gasteiger partial charge in [0.25, 0.3) is 0 Å². The Balaban J connectivity index is 1.88. The Morgan fingerprint density at radius 2 is 2.10 bits per heavy atom. The molecule has 1 atom stereocenters. The Kier molecular flexibility index (Phi) is 3.80. The molecule has 0 spiro atoms. The predicted molar refractivity (Wildman–Crippen MR) is 82.0 cm³/mol. The summed E-state index contributed by atoms with van der Waals surface area (Å²) in [6, 6.07) is 11.8. The number of nitrogens with zero attached hydrogens (tertiary/aromatic N) is 1. The highest BCUT2D eigenvalue weighted by atomic mass is 35.5. The van der Waals surface area contributed by atoms with Gasteiger partial charge in [-0.05, 0) is 42.5 Å². The average molecular weight is 303 g/mol. The minimum absolute atomic E-state index is 0.120. The fourth-order valence-electron chi connectivity index (χ4n) is 2.75. The first-order valence-corrected chi connectivity index (χ1v) is 7.27. The molecule has 21 heavy (non-hydrogen) atoms. The highest BCUT2D eigenvalue weighted by molar-refractivity contribution is 6.33. The van der Waals surface area contributed by atoms with E-state index >= 15 is 0 Å². The number of pyridine rings is 1. The number of carboxylic acid groups (broad SMARTS) is 1. The molecule has 0 saturated carbocycles. The zero-order valence-corrected chi connectivity index (χ0v) is 12.1. The number of aromatic carboxylic acids is 1. The number of benzene rings is 1. The second kappa shape index (κ2) is 5.74. The van der Waals surface area contributed by atoms with Crippen molar-refractivity contribution >= 4 is 23.4 Å². The second-order valence-electron chi connectivity index (χ2n) is 5.12. The van der Waals surface area contributed by atoms with Crippen molar-refractivity contribution in [1.29, 1.82) is 0 Å². The normalized spacial score (nSPS) is 17.1. The minimum Gasteiger partial charge on any atom is -0.476 e. The van der Waals surface area contributed by atoms with Crippen LogP contribution in [0.1, 0.15) is 40.5 Å². The van der Waals surface area contributed by atoms with Gasteiger partial charge < -0.3 is 10.4 Å². The van der Waals surface area contributed by atoms with Gasteiger partial charge in [-0.2, -0.15) is 0 Å². The smallest absolute Gasteiger partial charge is 0.356 e. The molecule has 0 bridgehead atoms. The molecule has 2 N–H and O–H groups in total. The van der Waals surface area contributed by atoms with E-state index in [0.717, 1.165) is 19.3 Å². The lowest BCUT2D eigenvalue weighted by atomic mass is 9.88. The van der Waals surface area contributed by atoms with E-state index in [-0.39, 0.29) is 16.8 Å². The number of carbonyl (C=O) groups is 1. The number of nitrogens with one attached hydrogen (secondary N) is 1. The van der Waals surface area contributed by atoms with E-state index in [1.807, 2.05) is 12.1 Å². The maximum atomic E-state index is 11.1. The van der Waals surface area contributed by atoms with Crippen LogP contribution in [0.4, 0.5) is 5.82 Å². The Morgan fingerprint density at radius 1 is 1.29 bits per heavy atom. The molecule has 4 nitrogen and oxygen atoms in total. The van der Waals surface area contributed by atoms with Crippen LogP contribution in [0.2, 0.25) is 5.02 Å². The summed E-state index contributed by atoms with van der Waals surface area (Å²) < 4.78 is 0. The Morgan fingerprint density at radius 3 is 2.90 bits per heavy atom. The minimum atomic E-state index is -1.12. The number of carboxylic acids is 1. The highest BCUT2D eigenvalue weighted by Gasteiger charge is 2.20. The zero-order chi connectivity index (χ0) is 14.8. The SMILES string of the molecule is O=C(O)c1nc(NC2CCCc3ccccc32)ccc1Cl. The molecule has 5 heteroatoms. The lowest BCUT2D eigenvalue weighted by Gasteiger charge is -2.26. The molecule has 1 aliphatic rings. The number of halogens is 1. The number of rotatable bonds is 3. The lowest BCUT2D eigenvalue weighted by Crippen LogP contribution is -2.18. The summed E-state index contributed by atoms with van der Waals surface area (Å²) in [5, 5.41) is 12.6. The second-order valence-corrected chi connectivity index (χ2v) is 5.53. The number of aromatic nitrogens is 1. The van der Waals surface area contributed by atoms with E-state index in [2.05, 4.69) is 22.4 Å². The van der Waals surface area contributed by atoms with Crippen LogP contribution in [0.3, 0.4) is 0 Å². The molecule has 108 valence electrons. The maximum Gasteiger partial charge on any atom is 0.356 e. The van der Waals surface area contributed by atoms with E-state index < -0.39 is 5.97 Å². The van der Waals surface area contributed by atoms with Gasteiger partial charge in [0.2, 0.25) is 0 Å². The maximum absolute atomic E-state index is 11.1. The van der Waals surface area contributed by atoms with Crippen molar-refractivity contribution in [3.8, 4) is 0 Å². The van der Waals surface area contributed by atoms with Crippen molar-refractivity contribution in [2.45, 2.75) is 25.3 Å². The predicted octanol–water partition coefficient (Wildman–Crippen LogP) is 3.92. The van der Waals surface area contributed by atoms with Crippen LogP contribution < -0.4 is 5.32 Å². The van der Waals surface area contributed by atoms with Crippen LogP contribution in [-0.4, -0.2) is 16.1 Å². The van der Waals surface area contributed by atoms with E-state index in [1.165, 1.54) is 11.1 Å². The van der Waals surface area contributed by atoms with Crippen molar-refractivity contribution in [2.24, 2.45) is 0 Å². The molecule has 0 fully saturated rings. The topological polar surface area (TPSA) is 62.2 Å². The van der Waals surface area contributed by atoms with Gasteiger partial charge in [-0.3, -0.25) is 0 Å². The van der Waals surface area contributed by atoms with Gasteiger partial charge in [-0.1, -0.05) is 35.9 Å². The summed E-state index contributed by atoms with van der Waals surface area (Å²) in [5.41, 5.74) is 2.48. The third kappa shape index (κ3) is 2.85. The van der Waals surface area contributed by atoms with Crippen molar-refractivity contribution in [3.63, 3.8) is 0 Å². The van der Waals surface area contributed by atoms with Crippen molar-refractivity contribution in [3.05, 3.63) is 58.2 Å². The van der Waals surface area contributed by atoms with Gasteiger partial charge in [0.15, 0.2) is 5.69 Å². The van der Waals surface area contributed by atoms with Crippen LogP contribution in [-0.2, 0) is 6.42 Å². The molecule has 1 aromatic carbocycles. The van der Waals surface area contributed by atoms with Crippen LogP contribution in [0.5, 0.6) is 0 Å². The summed E-state index contributed by atoms with van der Waals surface area (Å²) in [6.45, 7) is 0. The summed E-state index contributed by atoms with van der Waals surface area (Å²) in [6.07, 6.45) is 3.19. The summed E-state index contributed by atoms with van der Waals surface area (Å²) in [7, 11) is 0. The molecule has 0 radical (unpaired) electrons. The molecular formula is C16H15ClN2O2. The molecule has 1 unspecified atom stereocenters. The van der Waals surface area contributed by atoms with Crippen LogP contribution >= 0.6 is 11.6 Å². The van der Waals surface area contributed by atoms with Gasteiger partial charge in [-0.15, -0.1) is 0 Å². The van der Waals surface area contributed by atoms with Crippen molar-refractivity contribution < 1.29 is 9.90 Å². The van der Waals surface area contributed by atoms with Gasteiger partial charge in [0.05, 0.1) is 11.1 Å². The van der Waals surface area contributed by atoms with Gasteiger partial charge in [0, 0.05) is 0 Å². The Labute approximate surface area is 127 Å². The zero-order valence-electron chi connectivity index (χ0n) is 11.3. The third-order valence-corrected chi connectivity index (χ3v) is 4.05. The molecule has 1 heterocycles. The summed E-state index contributed by atoms with van der Waals surface area (Å²) in [4.78, 5) is 15.2. The van der Waals surface area contributed by atoms with E-state index in [9.17, 15) is 4.79 Å². The fourth-order valence-corrected chi connectivity index (χ4v) is 2.94. The monoisotopic (exact) mass is 302 g/mol. The molecule has 1 aromatic heterocycles. The van der Waals surface area contributed by atoms with Gasteiger partial charge >= 0.3 is 5.97 Å². The number of aryl methyl sites for hydroxylation is 1. The number of hydrogen-bond acceptors (Lipinski definition) is 3. The molecule has 0 aliphatic heterocycles. The lowest BCUT2D eigenvalue weighted by molar-refractivity contribution is 0.0691. The average Bonchev–Trinajstić information content (AvgIpc) is 2.49. The third-order valence-electron chi connectivity index (χ3n) is 3.74. The molecular weight excluding hydrogens is 288 g/mol. The molecule has 0 saturated heterocycles. The first-order valence-electron chi connectivity index (χ1n) is 6.89. The summed E-state index contributed by atoms with van der Waals surface area (Å²) >= 11 is 5.84. The number of hydrogen-bond donors (Lipinski definition) is 2. The largest absolute Gasteiger partial charge is 0.476 e. The fraction of sp³-hybridized carbons (Fsp3) is 0.250. The Hall–Kier alpha value is -2.07. The molecule has 0 amide bonds. The number of anilines is 1. The standard InChI is InChI=1S/C16H15ClN2O2/c17-12-8-9-14(19-15(12)16(20)21)18-13-7-3-5-10-4-1-2-6-11(10)13/h1-2,4,6,8-9,13H,3,5,7H2,(H,18,19)(H,20,21). The molecule has 2 aromatic rings. The van der Waals surface area contributed by atoms with E-state index in [0.29, 0.717) is 5.82 Å². The summed E-state index contributed by atoms with van der Waals surface area (Å²) in [5.74, 6) is -0.578. The molecule has 3 rings (SSSR count). The van der Waals surface area contributed by atoms with E-state index in [4.69, 9.17) is 16.7 Å². The highest BCUT2D eigenvalue weighted by Crippen LogP contribution is 2.32. The van der Waals surface area contributed by atoms with Gasteiger partial charge in [0.1, 0.15) is 5.82 Å². The first kappa shape index (κ1) is 13.9. The first-order chi connectivity index (χ1) is 10.1. The quantitative estimate of drug-likeness (QED) is 0.902. The number of fused-ring (bicyclic) bond motifs is 1. The van der Waals surface area contributed by atoms with Crippen molar-refractivity contribution in [1.82, 2.24) is 4.98 Å². The Bertz CT molecular complexity index is 688. The van der Waals surface area contributed by atoms with Crippen LogP contribution in [0.25, 0.3) is 0 Å². The van der Waals surface area contributed by atoms with Gasteiger partial charge in [-0.25, -0.2) is 9.78 Å². The molecule has 1 aliphatic carbocycles. The van der Waals surface area contributed by atoms with Crippen LogP contribution in [0, 0.1) is 0 Å². The van der Waals surface area contributed by atoms with Crippen LogP contribution in [0.15, 0.2) is 36.4 Å². The van der Waals surface area contributed by atoms with Crippen molar-refractivity contribution in [2.75, 3.05) is 5.32 Å². The van der Waals surface area contributed by atoms with E-state index in [1.54, 1.807) is 12.1 Å².